The Hall–Kier alpha value is -3.04. The maximum atomic E-state index is 15.0. The van der Waals surface area contributed by atoms with Gasteiger partial charge in [-0.05, 0) is 75.9 Å². The van der Waals surface area contributed by atoms with Crippen LogP contribution in [0.2, 0.25) is 5.02 Å². The van der Waals surface area contributed by atoms with E-state index in [1.165, 1.54) is 6.20 Å². The number of nitrogens with one attached hydrogen (secondary N) is 3. The van der Waals surface area contributed by atoms with Gasteiger partial charge in [-0.25, -0.2) is 9.37 Å². The molecule has 2 aromatic heterocycles. The average molecular weight is 472 g/mol. The Labute approximate surface area is 197 Å². The fourth-order valence-corrected chi connectivity index (χ4v) is 4.33. The smallest absolute Gasteiger partial charge is 0.229 e. The van der Waals surface area contributed by atoms with E-state index in [4.69, 9.17) is 11.6 Å². The van der Waals surface area contributed by atoms with E-state index in [2.05, 4.69) is 35.7 Å². The molecule has 1 fully saturated rings. The van der Waals surface area contributed by atoms with E-state index in [0.29, 0.717) is 28.9 Å². The molecule has 3 heterocycles. The number of benzene rings is 1. The highest BCUT2D eigenvalue weighted by Crippen LogP contribution is 2.34. The Morgan fingerprint density at radius 3 is 2.67 bits per heavy atom. The van der Waals surface area contributed by atoms with Gasteiger partial charge in [0.15, 0.2) is 11.6 Å². The van der Waals surface area contributed by atoms with E-state index in [1.54, 1.807) is 19.1 Å². The average Bonchev–Trinajstić information content (AvgIpc) is 3.18. The number of carbonyl (C=O) groups is 1. The highest BCUT2D eigenvalue weighted by atomic mass is 35.5. The predicted octanol–water partition coefficient (Wildman–Crippen LogP) is 4.86. The number of nitrogens with zero attached hydrogens (tertiary/aromatic N) is 4. The molecule has 33 heavy (non-hydrogen) atoms. The third kappa shape index (κ3) is 5.66. The van der Waals surface area contributed by atoms with Crippen molar-refractivity contribution in [2.24, 2.45) is 0 Å². The Morgan fingerprint density at radius 2 is 2.00 bits per heavy atom. The lowest BCUT2D eigenvalue weighted by Crippen LogP contribution is -2.36. The Morgan fingerprint density at radius 1 is 1.24 bits per heavy atom. The number of H-pyrrole nitrogens is 1. The number of Topliss-reactive ketones (excluding diaryl/α,β-unsaturated/α-hetero) is 1. The number of aromatic nitrogens is 4. The number of anilines is 4. The zero-order valence-electron chi connectivity index (χ0n) is 18.9. The van der Waals surface area contributed by atoms with Crippen LogP contribution in [0.25, 0.3) is 0 Å². The Kier molecular flexibility index (Phi) is 6.90. The van der Waals surface area contributed by atoms with Crippen LogP contribution in [-0.2, 0) is 4.79 Å². The van der Waals surface area contributed by atoms with Crippen LogP contribution in [0.5, 0.6) is 0 Å². The van der Waals surface area contributed by atoms with Gasteiger partial charge in [0.2, 0.25) is 5.95 Å². The molecule has 0 radical (unpaired) electrons. The zero-order chi connectivity index (χ0) is 23.5. The fraction of sp³-hybridized carbons (Fsp3) is 0.391. The van der Waals surface area contributed by atoms with Gasteiger partial charge in [-0.15, -0.1) is 0 Å². The van der Waals surface area contributed by atoms with Crippen LogP contribution < -0.4 is 10.6 Å². The van der Waals surface area contributed by atoms with Gasteiger partial charge >= 0.3 is 0 Å². The van der Waals surface area contributed by atoms with E-state index in [0.717, 1.165) is 42.8 Å². The van der Waals surface area contributed by atoms with Gasteiger partial charge in [-0.1, -0.05) is 11.6 Å². The summed E-state index contributed by atoms with van der Waals surface area (Å²) in [7, 11) is 0. The van der Waals surface area contributed by atoms with Crippen molar-refractivity contribution in [1.82, 2.24) is 25.1 Å². The highest BCUT2D eigenvalue weighted by molar-refractivity contribution is 6.32. The monoisotopic (exact) mass is 471 g/mol. The number of likely N-dealkylation sites (tertiary alicyclic amines) is 1. The molecule has 1 aliphatic rings. The van der Waals surface area contributed by atoms with Crippen molar-refractivity contribution in [3.63, 3.8) is 0 Å². The topological polar surface area (TPSA) is 98.8 Å². The Balaban J connectivity index is 1.48. The van der Waals surface area contributed by atoms with E-state index < -0.39 is 0 Å². The van der Waals surface area contributed by atoms with Gasteiger partial charge in [0.25, 0.3) is 0 Å². The molecular formula is C23H27ClFN7O. The standard InChI is InChI=1S/C23H27ClFN7O/c1-13-8-20(19(25)10-17(13)16-4-6-32(7-5-16)12-15(3)33)27-23-26-11-18(24)22(29-23)28-21-9-14(2)30-31-21/h8-11,16H,4-7,12H2,1-3H3,(H3,26,27,28,29,30,31). The van der Waals surface area contributed by atoms with Crippen molar-refractivity contribution in [2.75, 3.05) is 30.3 Å². The number of piperidine rings is 1. The molecule has 0 amide bonds. The summed E-state index contributed by atoms with van der Waals surface area (Å²) in [4.78, 5) is 22.1. The minimum Gasteiger partial charge on any atom is -0.322 e. The van der Waals surface area contributed by atoms with E-state index >= 15 is 4.39 Å². The molecule has 10 heteroatoms. The van der Waals surface area contributed by atoms with E-state index in [1.807, 2.05) is 19.9 Å². The number of carbonyl (C=O) groups excluding carboxylic acids is 1. The second kappa shape index (κ2) is 9.84. The van der Waals surface area contributed by atoms with Gasteiger partial charge in [0, 0.05) is 11.8 Å². The summed E-state index contributed by atoms with van der Waals surface area (Å²) in [5.74, 6) is 1.24. The first kappa shape index (κ1) is 23.1. The molecule has 0 bridgehead atoms. The maximum Gasteiger partial charge on any atom is 0.229 e. The third-order valence-corrected chi connectivity index (χ3v) is 6.05. The van der Waals surface area contributed by atoms with Crippen LogP contribution in [0.1, 0.15) is 42.5 Å². The molecule has 0 spiro atoms. The molecule has 4 rings (SSSR count). The summed E-state index contributed by atoms with van der Waals surface area (Å²) in [6.45, 7) is 7.65. The van der Waals surface area contributed by atoms with Crippen LogP contribution in [0.4, 0.5) is 27.7 Å². The normalized spacial score (nSPS) is 14.9. The van der Waals surface area contributed by atoms with Crippen molar-refractivity contribution in [2.45, 2.75) is 39.5 Å². The summed E-state index contributed by atoms with van der Waals surface area (Å²) >= 11 is 6.21. The SMILES string of the molecule is CC(=O)CN1CCC(c2cc(F)c(Nc3ncc(Cl)c(Nc4cc(C)[nH]n4)n3)cc2C)CC1. The second-order valence-corrected chi connectivity index (χ2v) is 8.92. The van der Waals surface area contributed by atoms with Crippen molar-refractivity contribution < 1.29 is 9.18 Å². The lowest BCUT2D eigenvalue weighted by Gasteiger charge is -2.32. The van der Waals surface area contributed by atoms with Crippen molar-refractivity contribution in [3.05, 3.63) is 52.1 Å². The van der Waals surface area contributed by atoms with Gasteiger partial charge < -0.3 is 10.6 Å². The lowest BCUT2D eigenvalue weighted by atomic mass is 9.86. The van der Waals surface area contributed by atoms with Gasteiger partial charge in [-0.2, -0.15) is 10.1 Å². The van der Waals surface area contributed by atoms with Crippen LogP contribution in [0.3, 0.4) is 0 Å². The first-order chi connectivity index (χ1) is 15.8. The van der Waals surface area contributed by atoms with Crippen molar-refractivity contribution in [1.29, 1.82) is 0 Å². The number of rotatable bonds is 7. The summed E-state index contributed by atoms with van der Waals surface area (Å²) < 4.78 is 15.0. The molecule has 0 atom stereocenters. The first-order valence-corrected chi connectivity index (χ1v) is 11.3. The molecule has 8 nitrogen and oxygen atoms in total. The van der Waals surface area contributed by atoms with Gasteiger partial charge in [0.05, 0.1) is 18.4 Å². The number of ketones is 1. The predicted molar refractivity (Wildman–Crippen MR) is 127 cm³/mol. The molecule has 1 aliphatic heterocycles. The number of halogens is 2. The van der Waals surface area contributed by atoms with Crippen LogP contribution in [0, 0.1) is 19.7 Å². The highest BCUT2D eigenvalue weighted by Gasteiger charge is 2.23. The third-order valence-electron chi connectivity index (χ3n) is 5.77. The summed E-state index contributed by atoms with van der Waals surface area (Å²) in [6.07, 6.45) is 3.26. The fourth-order valence-electron chi connectivity index (χ4n) is 4.19. The van der Waals surface area contributed by atoms with Gasteiger partial charge in [0.1, 0.15) is 16.6 Å². The second-order valence-electron chi connectivity index (χ2n) is 8.52. The van der Waals surface area contributed by atoms with Crippen LogP contribution in [-0.4, -0.2) is 50.5 Å². The number of aryl methyl sites for hydroxylation is 2. The molecule has 1 saturated heterocycles. The summed E-state index contributed by atoms with van der Waals surface area (Å²) in [5.41, 5.74) is 3.20. The number of aromatic amines is 1. The largest absolute Gasteiger partial charge is 0.322 e. The quantitative estimate of drug-likeness (QED) is 0.452. The molecule has 0 aliphatic carbocycles. The van der Waals surface area contributed by atoms with Crippen LogP contribution in [0.15, 0.2) is 24.4 Å². The van der Waals surface area contributed by atoms with Crippen molar-refractivity contribution in [3.8, 4) is 0 Å². The zero-order valence-corrected chi connectivity index (χ0v) is 19.6. The Bertz CT molecular complexity index is 1160. The molecule has 1 aromatic carbocycles. The number of hydrogen-bond acceptors (Lipinski definition) is 7. The molecular weight excluding hydrogens is 445 g/mol. The summed E-state index contributed by atoms with van der Waals surface area (Å²) in [6, 6.07) is 5.21. The first-order valence-electron chi connectivity index (χ1n) is 10.9. The van der Waals surface area contributed by atoms with E-state index in [9.17, 15) is 4.79 Å². The minimum atomic E-state index is -0.363. The molecule has 3 aromatic rings. The van der Waals surface area contributed by atoms with E-state index in [-0.39, 0.29) is 23.5 Å². The molecule has 174 valence electrons. The maximum absolute atomic E-state index is 15.0. The van der Waals surface area contributed by atoms with Crippen LogP contribution >= 0.6 is 11.6 Å². The van der Waals surface area contributed by atoms with Gasteiger partial charge in [-0.3, -0.25) is 14.8 Å². The lowest BCUT2D eigenvalue weighted by molar-refractivity contribution is -0.118. The molecule has 0 saturated carbocycles. The molecule has 3 N–H and O–H groups in total. The van der Waals surface area contributed by atoms with Crippen molar-refractivity contribution >= 4 is 40.7 Å². The summed E-state index contributed by atoms with van der Waals surface area (Å²) in [5, 5.41) is 13.3. The number of hydrogen-bond donors (Lipinski definition) is 3. The molecule has 0 unspecified atom stereocenters. The minimum absolute atomic E-state index is 0.174.